The number of ether oxygens (including phenoxy) is 2. The smallest absolute Gasteiger partial charge is 0.247 e. The molecule has 2 amide bonds. The van der Waals surface area contributed by atoms with Gasteiger partial charge in [-0.2, -0.15) is 0 Å². The van der Waals surface area contributed by atoms with Gasteiger partial charge >= 0.3 is 0 Å². The molecule has 3 aromatic heterocycles. The highest BCUT2D eigenvalue weighted by atomic mass is 32.1. The number of carbonyl (C=O) groups is 2. The van der Waals surface area contributed by atoms with Crippen LogP contribution >= 0.6 is 11.3 Å². The summed E-state index contributed by atoms with van der Waals surface area (Å²) in [6, 6.07) is 19.0. The largest absolute Gasteiger partial charge is 0.493 e. The molecular formula is C28H27N5O5S. The average molecular weight is 546 g/mol. The number of nitrogens with zero attached hydrogens (tertiary/aromatic N) is 4. The van der Waals surface area contributed by atoms with E-state index in [1.807, 2.05) is 41.8 Å². The first-order valence-electron chi connectivity index (χ1n) is 12.2. The zero-order chi connectivity index (χ0) is 27.2. The van der Waals surface area contributed by atoms with Gasteiger partial charge in [0, 0.05) is 4.88 Å². The molecule has 3 heterocycles. The lowest BCUT2D eigenvalue weighted by Gasteiger charge is -2.31. The fourth-order valence-corrected chi connectivity index (χ4v) is 5.03. The minimum Gasteiger partial charge on any atom is -0.493 e. The predicted molar refractivity (Wildman–Crippen MR) is 145 cm³/mol. The molecular weight excluding hydrogens is 518 g/mol. The first kappa shape index (κ1) is 26.0. The number of nitrogens with one attached hydrogen (secondary N) is 1. The summed E-state index contributed by atoms with van der Waals surface area (Å²) >= 11 is 1.51. The number of carbonyl (C=O) groups excluding carboxylic acids is 2. The Bertz CT molecular complexity index is 1550. The molecule has 2 aromatic carbocycles. The maximum Gasteiger partial charge on any atom is 0.247 e. The van der Waals surface area contributed by atoms with E-state index in [-0.39, 0.29) is 31.4 Å². The number of hydrogen-bond donors (Lipinski definition) is 1. The lowest BCUT2D eigenvalue weighted by Crippen LogP contribution is -2.44. The van der Waals surface area contributed by atoms with Crippen molar-refractivity contribution in [2.24, 2.45) is 0 Å². The monoisotopic (exact) mass is 545 g/mol. The minimum atomic E-state index is -0.982. The topological polar surface area (TPSA) is 112 Å². The highest BCUT2D eigenvalue weighted by Crippen LogP contribution is 2.33. The molecule has 0 bridgehead atoms. The van der Waals surface area contributed by atoms with Crippen LogP contribution in [0.2, 0.25) is 0 Å². The number of hydrogen-bond acceptors (Lipinski definition) is 8. The van der Waals surface area contributed by atoms with Gasteiger partial charge in [0.05, 0.1) is 39.1 Å². The number of methoxy groups -OCH3 is 2. The summed E-state index contributed by atoms with van der Waals surface area (Å²) in [6.45, 7) is 0.293. The van der Waals surface area contributed by atoms with E-state index in [1.54, 1.807) is 53.3 Å². The van der Waals surface area contributed by atoms with Crippen molar-refractivity contribution in [3.63, 3.8) is 0 Å². The van der Waals surface area contributed by atoms with Crippen molar-refractivity contribution in [3.05, 3.63) is 94.6 Å². The predicted octanol–water partition coefficient (Wildman–Crippen LogP) is 4.19. The first-order valence-corrected chi connectivity index (χ1v) is 13.1. The van der Waals surface area contributed by atoms with Crippen LogP contribution in [-0.2, 0) is 29.2 Å². The van der Waals surface area contributed by atoms with E-state index in [0.29, 0.717) is 28.3 Å². The molecule has 11 heteroatoms. The lowest BCUT2D eigenvalue weighted by atomic mass is 10.0. The second-order valence-electron chi connectivity index (χ2n) is 8.65. The summed E-state index contributed by atoms with van der Waals surface area (Å²) in [4.78, 5) is 30.3. The van der Waals surface area contributed by atoms with Crippen molar-refractivity contribution in [2.45, 2.75) is 25.7 Å². The van der Waals surface area contributed by atoms with E-state index < -0.39 is 6.04 Å². The maximum absolute atomic E-state index is 14.0. The van der Waals surface area contributed by atoms with Gasteiger partial charge in [-0.05, 0) is 53.4 Å². The van der Waals surface area contributed by atoms with Gasteiger partial charge in [0.15, 0.2) is 11.5 Å². The van der Waals surface area contributed by atoms with Gasteiger partial charge in [-0.15, -0.1) is 16.4 Å². The fraction of sp³-hybridized carbons (Fsp3) is 0.214. The Morgan fingerprint density at radius 1 is 1.05 bits per heavy atom. The average Bonchev–Trinajstić information content (AvgIpc) is 3.75. The van der Waals surface area contributed by atoms with Crippen LogP contribution in [0.15, 0.2) is 82.8 Å². The molecule has 39 heavy (non-hydrogen) atoms. The summed E-state index contributed by atoms with van der Waals surface area (Å²) in [5.41, 5.74) is 1.98. The maximum atomic E-state index is 14.0. The van der Waals surface area contributed by atoms with Gasteiger partial charge in [0.1, 0.15) is 23.9 Å². The number of para-hydroxylation sites is 1. The van der Waals surface area contributed by atoms with Crippen LogP contribution < -0.4 is 14.8 Å². The quantitative estimate of drug-likeness (QED) is 0.265. The van der Waals surface area contributed by atoms with Crippen molar-refractivity contribution in [3.8, 4) is 11.5 Å². The zero-order valence-electron chi connectivity index (χ0n) is 21.4. The van der Waals surface area contributed by atoms with Gasteiger partial charge in [0.25, 0.3) is 0 Å². The first-order chi connectivity index (χ1) is 19.1. The molecule has 0 saturated heterocycles. The third-order valence-electron chi connectivity index (χ3n) is 6.23. The SMILES string of the molecule is COc1ccc(C(C(=O)NCc2ccco2)N(Cc2cccs2)C(=O)Cn2nnc3ccccc32)cc1OC. The molecule has 1 unspecified atom stereocenters. The van der Waals surface area contributed by atoms with Crippen LogP contribution in [0.25, 0.3) is 11.0 Å². The van der Waals surface area contributed by atoms with Crippen LogP contribution in [0, 0.1) is 0 Å². The molecule has 1 N–H and O–H groups in total. The summed E-state index contributed by atoms with van der Waals surface area (Å²) < 4.78 is 17.8. The molecule has 0 aliphatic carbocycles. The Morgan fingerprint density at radius 3 is 2.64 bits per heavy atom. The van der Waals surface area contributed by atoms with Crippen LogP contribution in [0.3, 0.4) is 0 Å². The Hall–Kier alpha value is -4.64. The number of furan rings is 1. The number of rotatable bonds is 11. The van der Waals surface area contributed by atoms with Crippen LogP contribution in [-0.4, -0.2) is 45.9 Å². The molecule has 10 nitrogen and oxygen atoms in total. The molecule has 0 fully saturated rings. The van der Waals surface area contributed by atoms with Gasteiger partial charge in [-0.3, -0.25) is 9.59 Å². The lowest BCUT2D eigenvalue weighted by molar-refractivity contribution is -0.142. The van der Waals surface area contributed by atoms with Crippen molar-refractivity contribution in [1.29, 1.82) is 0 Å². The third-order valence-corrected chi connectivity index (χ3v) is 7.09. The molecule has 1 atom stereocenters. The number of amides is 2. The number of aromatic nitrogens is 3. The molecule has 5 rings (SSSR count). The second kappa shape index (κ2) is 11.8. The van der Waals surface area contributed by atoms with Crippen LogP contribution in [0.4, 0.5) is 0 Å². The van der Waals surface area contributed by atoms with Crippen molar-refractivity contribution < 1.29 is 23.5 Å². The van der Waals surface area contributed by atoms with E-state index in [1.165, 1.54) is 18.4 Å². The second-order valence-corrected chi connectivity index (χ2v) is 9.68. The van der Waals surface area contributed by atoms with Crippen molar-refractivity contribution in [1.82, 2.24) is 25.2 Å². The van der Waals surface area contributed by atoms with E-state index in [2.05, 4.69) is 15.6 Å². The molecule has 200 valence electrons. The highest BCUT2D eigenvalue weighted by Gasteiger charge is 2.33. The van der Waals surface area contributed by atoms with Gasteiger partial charge in [-0.25, -0.2) is 4.68 Å². The van der Waals surface area contributed by atoms with E-state index >= 15 is 0 Å². The molecule has 0 spiro atoms. The Labute approximate surface area is 228 Å². The summed E-state index contributed by atoms with van der Waals surface area (Å²) in [6.07, 6.45) is 1.54. The van der Waals surface area contributed by atoms with E-state index in [4.69, 9.17) is 13.9 Å². The van der Waals surface area contributed by atoms with Crippen LogP contribution in [0.1, 0.15) is 22.2 Å². The Kier molecular flexibility index (Phi) is 7.88. The standard InChI is InChI=1S/C28H27N5O5S/c1-36-24-12-11-19(15-25(24)37-2)27(28(35)29-16-20-7-5-13-38-20)32(17-21-8-6-14-39-21)26(34)18-33-23-10-4-3-9-22(23)30-31-33/h3-15,27H,16-18H2,1-2H3,(H,29,35). The Balaban J connectivity index is 1.53. The van der Waals surface area contributed by atoms with Gasteiger partial charge in [-0.1, -0.05) is 29.5 Å². The number of thiophene rings is 1. The van der Waals surface area contributed by atoms with Gasteiger partial charge in [0.2, 0.25) is 11.8 Å². The molecule has 5 aromatic rings. The van der Waals surface area contributed by atoms with E-state index in [0.717, 1.165) is 10.4 Å². The summed E-state index contributed by atoms with van der Waals surface area (Å²) in [5.74, 6) is 0.893. The van der Waals surface area contributed by atoms with Crippen LogP contribution in [0.5, 0.6) is 11.5 Å². The number of benzene rings is 2. The third kappa shape index (κ3) is 5.78. The normalized spacial score (nSPS) is 11.7. The minimum absolute atomic E-state index is 0.0961. The van der Waals surface area contributed by atoms with Crippen molar-refractivity contribution in [2.75, 3.05) is 14.2 Å². The van der Waals surface area contributed by atoms with Crippen molar-refractivity contribution >= 4 is 34.2 Å². The highest BCUT2D eigenvalue weighted by molar-refractivity contribution is 7.09. The molecule has 0 aliphatic heterocycles. The molecule has 0 aliphatic rings. The summed E-state index contributed by atoms with van der Waals surface area (Å²) in [5, 5.41) is 13.2. The zero-order valence-corrected chi connectivity index (χ0v) is 22.3. The Morgan fingerprint density at radius 2 is 1.90 bits per heavy atom. The number of fused-ring (bicyclic) bond motifs is 1. The fourth-order valence-electron chi connectivity index (χ4n) is 4.33. The van der Waals surface area contributed by atoms with Gasteiger partial charge < -0.3 is 24.1 Å². The molecule has 0 saturated carbocycles. The van der Waals surface area contributed by atoms with E-state index in [9.17, 15) is 9.59 Å². The molecule has 0 radical (unpaired) electrons. The summed E-state index contributed by atoms with van der Waals surface area (Å²) in [7, 11) is 3.07.